The number of benzene rings is 2. The molecule has 0 atom stereocenters. The van der Waals surface area contributed by atoms with Crippen LogP contribution in [0.1, 0.15) is 15.9 Å². The van der Waals surface area contributed by atoms with E-state index in [1.165, 1.54) is 0 Å². The zero-order valence-electron chi connectivity index (χ0n) is 10.5. The van der Waals surface area contributed by atoms with Crippen LogP contribution in [0.2, 0.25) is 0 Å². The summed E-state index contributed by atoms with van der Waals surface area (Å²) in [4.78, 5) is 12.5. The van der Waals surface area contributed by atoms with Crippen molar-refractivity contribution >= 4 is 16.8 Å². The number of aryl methyl sites for hydroxylation is 1. The molecule has 0 fully saturated rings. The first-order valence-electron chi connectivity index (χ1n) is 6.07. The molecule has 0 aliphatic heterocycles. The molecular formula is C16H13NO2. The smallest absolute Gasteiger partial charge is 0.262 e. The number of phenolic OH excluding ortho intramolecular Hbond substituents is 1. The maximum absolute atomic E-state index is 12.5. The summed E-state index contributed by atoms with van der Waals surface area (Å²) in [5.74, 6) is 0.0667. The lowest BCUT2D eigenvalue weighted by Gasteiger charge is -2.04. The molecule has 1 aromatic heterocycles. The highest BCUT2D eigenvalue weighted by Gasteiger charge is 2.13. The lowest BCUT2D eigenvalue weighted by atomic mass is 10.2. The highest BCUT2D eigenvalue weighted by Crippen LogP contribution is 2.25. The van der Waals surface area contributed by atoms with E-state index in [0.717, 1.165) is 16.5 Å². The van der Waals surface area contributed by atoms with Gasteiger partial charge < -0.3 is 5.11 Å². The van der Waals surface area contributed by atoms with E-state index in [0.29, 0.717) is 5.56 Å². The second-order valence-electron chi connectivity index (χ2n) is 4.55. The van der Waals surface area contributed by atoms with Crippen molar-refractivity contribution in [2.24, 2.45) is 0 Å². The lowest BCUT2D eigenvalue weighted by Crippen LogP contribution is -2.10. The molecule has 0 aliphatic carbocycles. The summed E-state index contributed by atoms with van der Waals surface area (Å²) in [7, 11) is 0. The van der Waals surface area contributed by atoms with E-state index in [1.54, 1.807) is 35.0 Å². The Morgan fingerprint density at radius 2 is 1.84 bits per heavy atom. The number of carbonyl (C=O) groups excluding carboxylic acids is 1. The quantitative estimate of drug-likeness (QED) is 0.720. The van der Waals surface area contributed by atoms with Gasteiger partial charge in [0.2, 0.25) is 0 Å². The number of fused-ring (bicyclic) bond motifs is 1. The molecule has 0 amide bonds. The van der Waals surface area contributed by atoms with Gasteiger partial charge >= 0.3 is 0 Å². The second kappa shape index (κ2) is 4.28. The Bertz CT molecular complexity index is 757. The zero-order chi connectivity index (χ0) is 13.4. The fraction of sp³-hybridized carbons (Fsp3) is 0.0625. The number of aromatic nitrogens is 1. The maximum atomic E-state index is 12.5. The van der Waals surface area contributed by atoms with Crippen molar-refractivity contribution in [2.45, 2.75) is 6.92 Å². The van der Waals surface area contributed by atoms with Gasteiger partial charge in [-0.3, -0.25) is 9.36 Å². The number of carbonyl (C=O) groups is 1. The molecule has 3 rings (SSSR count). The number of hydrogen-bond acceptors (Lipinski definition) is 2. The molecule has 3 heteroatoms. The van der Waals surface area contributed by atoms with E-state index in [9.17, 15) is 9.90 Å². The summed E-state index contributed by atoms with van der Waals surface area (Å²) in [6.45, 7) is 1.95. The molecule has 0 saturated carbocycles. The van der Waals surface area contributed by atoms with Crippen LogP contribution in [0, 0.1) is 6.92 Å². The molecular weight excluding hydrogens is 238 g/mol. The molecule has 1 N–H and O–H groups in total. The zero-order valence-corrected chi connectivity index (χ0v) is 10.5. The van der Waals surface area contributed by atoms with Crippen LogP contribution in [0.5, 0.6) is 5.75 Å². The van der Waals surface area contributed by atoms with Gasteiger partial charge in [0.15, 0.2) is 0 Å². The predicted octanol–water partition coefficient (Wildman–Crippen LogP) is 3.34. The Hall–Kier alpha value is -2.55. The van der Waals surface area contributed by atoms with Gasteiger partial charge in [0.05, 0.1) is 5.52 Å². The molecule has 0 bridgehead atoms. The van der Waals surface area contributed by atoms with E-state index >= 15 is 0 Å². The fourth-order valence-corrected chi connectivity index (χ4v) is 2.27. The van der Waals surface area contributed by atoms with Crippen LogP contribution < -0.4 is 0 Å². The molecule has 19 heavy (non-hydrogen) atoms. The maximum Gasteiger partial charge on any atom is 0.262 e. The minimum Gasteiger partial charge on any atom is -0.508 e. The van der Waals surface area contributed by atoms with Gasteiger partial charge in [-0.1, -0.05) is 18.2 Å². The van der Waals surface area contributed by atoms with E-state index < -0.39 is 0 Å². The summed E-state index contributed by atoms with van der Waals surface area (Å²) >= 11 is 0. The van der Waals surface area contributed by atoms with Gasteiger partial charge in [-0.05, 0) is 36.8 Å². The summed E-state index contributed by atoms with van der Waals surface area (Å²) in [5.41, 5.74) is 2.37. The van der Waals surface area contributed by atoms with Crippen LogP contribution in [-0.4, -0.2) is 15.6 Å². The molecule has 2 aromatic carbocycles. The number of hydrogen-bond donors (Lipinski definition) is 1. The van der Waals surface area contributed by atoms with E-state index in [2.05, 4.69) is 0 Å². The van der Waals surface area contributed by atoms with Crippen molar-refractivity contribution in [3.8, 4) is 5.75 Å². The predicted molar refractivity (Wildman–Crippen MR) is 74.5 cm³/mol. The van der Waals surface area contributed by atoms with E-state index in [1.807, 2.05) is 31.2 Å². The van der Waals surface area contributed by atoms with Crippen molar-refractivity contribution < 1.29 is 9.90 Å². The Morgan fingerprint density at radius 3 is 2.58 bits per heavy atom. The van der Waals surface area contributed by atoms with Crippen LogP contribution in [0.4, 0.5) is 0 Å². The van der Waals surface area contributed by atoms with Gasteiger partial charge in [0.1, 0.15) is 5.75 Å². The van der Waals surface area contributed by atoms with Crippen molar-refractivity contribution in [3.63, 3.8) is 0 Å². The Morgan fingerprint density at radius 1 is 1.11 bits per heavy atom. The molecule has 0 aliphatic rings. The summed E-state index contributed by atoms with van der Waals surface area (Å²) in [6, 6.07) is 14.2. The summed E-state index contributed by atoms with van der Waals surface area (Å²) in [5, 5.41) is 10.6. The number of rotatable bonds is 1. The van der Waals surface area contributed by atoms with Crippen molar-refractivity contribution in [2.75, 3.05) is 0 Å². The standard InChI is InChI=1S/C16H13NO2/c1-11-10-17(15-9-13(18)7-8-14(11)15)16(19)12-5-3-2-4-6-12/h2-10,18H,1H3. The monoisotopic (exact) mass is 251 g/mol. The van der Waals surface area contributed by atoms with Gasteiger partial charge in [-0.25, -0.2) is 0 Å². The first-order chi connectivity index (χ1) is 9.16. The molecule has 0 spiro atoms. The van der Waals surface area contributed by atoms with Crippen molar-refractivity contribution in [1.82, 2.24) is 4.57 Å². The van der Waals surface area contributed by atoms with E-state index in [4.69, 9.17) is 0 Å². The third-order valence-corrected chi connectivity index (χ3v) is 3.23. The minimum atomic E-state index is -0.0932. The highest BCUT2D eigenvalue weighted by atomic mass is 16.3. The van der Waals surface area contributed by atoms with Crippen LogP contribution >= 0.6 is 0 Å². The number of nitrogens with zero attached hydrogens (tertiary/aromatic N) is 1. The number of aromatic hydroxyl groups is 1. The largest absolute Gasteiger partial charge is 0.508 e. The normalized spacial score (nSPS) is 10.8. The molecule has 0 unspecified atom stereocenters. The first kappa shape index (κ1) is 11.5. The van der Waals surface area contributed by atoms with Gasteiger partial charge in [0, 0.05) is 23.2 Å². The van der Waals surface area contributed by atoms with Gasteiger partial charge in [-0.15, -0.1) is 0 Å². The Labute approximate surface area is 110 Å². The van der Waals surface area contributed by atoms with Crippen LogP contribution in [-0.2, 0) is 0 Å². The van der Waals surface area contributed by atoms with Crippen molar-refractivity contribution in [3.05, 3.63) is 65.9 Å². The average Bonchev–Trinajstić information content (AvgIpc) is 2.75. The number of phenols is 1. The summed E-state index contributed by atoms with van der Waals surface area (Å²) in [6.07, 6.45) is 1.80. The van der Waals surface area contributed by atoms with Crippen LogP contribution in [0.3, 0.4) is 0 Å². The SMILES string of the molecule is Cc1cn(C(=O)c2ccccc2)c2cc(O)ccc12. The third kappa shape index (κ3) is 1.89. The Kier molecular flexibility index (Phi) is 2.60. The Balaban J connectivity index is 2.21. The van der Waals surface area contributed by atoms with E-state index in [-0.39, 0.29) is 11.7 Å². The molecule has 1 heterocycles. The first-order valence-corrected chi connectivity index (χ1v) is 6.07. The minimum absolute atomic E-state index is 0.0932. The van der Waals surface area contributed by atoms with Gasteiger partial charge in [-0.2, -0.15) is 0 Å². The molecule has 3 nitrogen and oxygen atoms in total. The molecule has 94 valence electrons. The fourth-order valence-electron chi connectivity index (χ4n) is 2.27. The third-order valence-electron chi connectivity index (χ3n) is 3.23. The topological polar surface area (TPSA) is 42.2 Å². The molecule has 0 radical (unpaired) electrons. The molecule has 3 aromatic rings. The van der Waals surface area contributed by atoms with Crippen molar-refractivity contribution in [1.29, 1.82) is 0 Å². The lowest BCUT2D eigenvalue weighted by molar-refractivity contribution is 0.0965. The van der Waals surface area contributed by atoms with Crippen LogP contribution in [0.15, 0.2) is 54.7 Å². The average molecular weight is 251 g/mol. The molecule has 0 saturated heterocycles. The van der Waals surface area contributed by atoms with Gasteiger partial charge in [0.25, 0.3) is 5.91 Å². The second-order valence-corrected chi connectivity index (χ2v) is 4.55. The van der Waals surface area contributed by atoms with Crippen LogP contribution in [0.25, 0.3) is 10.9 Å². The summed E-state index contributed by atoms with van der Waals surface area (Å²) < 4.78 is 1.58. The highest BCUT2D eigenvalue weighted by molar-refractivity contribution is 6.03.